The van der Waals surface area contributed by atoms with Gasteiger partial charge in [0.2, 0.25) is 0 Å². The molecule has 0 spiro atoms. The van der Waals surface area contributed by atoms with Crippen LogP contribution in [0.3, 0.4) is 0 Å². The number of hydrogen-bond donors (Lipinski definition) is 1. The molecule has 1 unspecified atom stereocenters. The van der Waals surface area contributed by atoms with E-state index in [2.05, 4.69) is 0 Å². The van der Waals surface area contributed by atoms with Crippen LogP contribution in [0.1, 0.15) is 43.0 Å². The number of carboxylic acids is 1. The number of alkyl halides is 3. The van der Waals surface area contributed by atoms with Gasteiger partial charge in [-0.25, -0.2) is 0 Å². The van der Waals surface area contributed by atoms with Crippen LogP contribution in [0.4, 0.5) is 13.2 Å². The van der Waals surface area contributed by atoms with Crippen LogP contribution < -0.4 is 9.47 Å². The monoisotopic (exact) mass is 408 g/mol. The molecule has 0 amide bonds. The second kappa shape index (κ2) is 7.61. The molecule has 4 nitrogen and oxygen atoms in total. The molecule has 7 heteroatoms. The van der Waals surface area contributed by atoms with Crippen molar-refractivity contribution in [3.05, 3.63) is 58.7 Å². The van der Waals surface area contributed by atoms with Gasteiger partial charge in [-0.05, 0) is 44.0 Å². The Morgan fingerprint density at radius 2 is 1.86 bits per heavy atom. The van der Waals surface area contributed by atoms with Crippen molar-refractivity contribution in [1.82, 2.24) is 0 Å². The lowest BCUT2D eigenvalue weighted by atomic mass is 9.95. The van der Waals surface area contributed by atoms with Gasteiger partial charge in [0.15, 0.2) is 0 Å². The zero-order chi connectivity index (χ0) is 21.4. The third-order valence-corrected chi connectivity index (χ3v) is 4.91. The van der Waals surface area contributed by atoms with Crippen molar-refractivity contribution in [2.75, 3.05) is 0 Å². The number of aliphatic carboxylic acids is 1. The maximum atomic E-state index is 13.3. The van der Waals surface area contributed by atoms with Crippen molar-refractivity contribution >= 4 is 5.97 Å². The lowest BCUT2D eigenvalue weighted by molar-refractivity contribution is -0.141. The van der Waals surface area contributed by atoms with Gasteiger partial charge < -0.3 is 14.6 Å². The van der Waals surface area contributed by atoms with Crippen molar-refractivity contribution in [2.24, 2.45) is 5.92 Å². The predicted molar refractivity (Wildman–Crippen MR) is 101 cm³/mol. The van der Waals surface area contributed by atoms with Gasteiger partial charge in [0.1, 0.15) is 23.7 Å². The molecule has 1 aliphatic rings. The van der Waals surface area contributed by atoms with Crippen molar-refractivity contribution in [1.29, 1.82) is 0 Å². The van der Waals surface area contributed by atoms with Crippen LogP contribution in [0.25, 0.3) is 0 Å². The highest BCUT2D eigenvalue weighted by atomic mass is 19.4. The van der Waals surface area contributed by atoms with Crippen LogP contribution in [0.15, 0.2) is 36.4 Å². The molecule has 1 N–H and O–H groups in total. The highest BCUT2D eigenvalue weighted by Gasteiger charge is 2.41. The molecule has 0 aromatic heterocycles. The summed E-state index contributed by atoms with van der Waals surface area (Å²) in [4.78, 5) is 10.9. The Hall–Kier alpha value is -2.70. The zero-order valence-electron chi connectivity index (χ0n) is 16.5. The second-order valence-electron chi connectivity index (χ2n) is 7.99. The minimum Gasteiger partial charge on any atom is -0.489 e. The van der Waals surface area contributed by atoms with Crippen molar-refractivity contribution in [3.8, 4) is 11.5 Å². The molecule has 0 saturated heterocycles. The highest BCUT2D eigenvalue weighted by molar-refractivity contribution is 5.69. The fourth-order valence-electron chi connectivity index (χ4n) is 3.42. The van der Waals surface area contributed by atoms with Crippen molar-refractivity contribution in [2.45, 2.75) is 52.0 Å². The Balaban J connectivity index is 1.75. The van der Waals surface area contributed by atoms with Gasteiger partial charge in [-0.15, -0.1) is 0 Å². The summed E-state index contributed by atoms with van der Waals surface area (Å²) in [5.74, 6) is -0.555. The van der Waals surface area contributed by atoms with Crippen LogP contribution in [0, 0.1) is 5.92 Å². The minimum atomic E-state index is -4.43. The number of rotatable bonds is 6. The molecule has 0 aliphatic carbocycles. The predicted octanol–water partition coefficient (Wildman–Crippen LogP) is 5.26. The molecule has 29 heavy (non-hydrogen) atoms. The van der Waals surface area contributed by atoms with Crippen LogP contribution in [-0.4, -0.2) is 16.7 Å². The van der Waals surface area contributed by atoms with Gasteiger partial charge in [0, 0.05) is 17.5 Å². The van der Waals surface area contributed by atoms with E-state index in [0.717, 1.165) is 11.6 Å². The van der Waals surface area contributed by atoms with Crippen LogP contribution in [0.5, 0.6) is 11.5 Å². The maximum Gasteiger partial charge on any atom is 0.416 e. The van der Waals surface area contributed by atoms with Gasteiger partial charge in [-0.3, -0.25) is 4.79 Å². The Bertz CT molecular complexity index is 902. The average molecular weight is 408 g/mol. The number of halogens is 3. The number of fused-ring (bicyclic) bond motifs is 1. The smallest absolute Gasteiger partial charge is 0.416 e. The Labute approximate surface area is 167 Å². The fraction of sp³-hybridized carbons (Fsp3) is 0.409. The molecule has 156 valence electrons. The molecule has 2 aromatic carbocycles. The summed E-state index contributed by atoms with van der Waals surface area (Å²) in [6, 6.07) is 9.49. The molecule has 1 heterocycles. The third kappa shape index (κ3) is 4.83. The van der Waals surface area contributed by atoms with E-state index >= 15 is 0 Å². The first-order valence-electron chi connectivity index (χ1n) is 9.32. The normalized spacial score (nSPS) is 16.1. The lowest BCUT2D eigenvalue weighted by Crippen LogP contribution is -2.25. The highest BCUT2D eigenvalue weighted by Crippen LogP contribution is 2.45. The summed E-state index contributed by atoms with van der Waals surface area (Å²) in [5.41, 5.74) is 0.219. The molecule has 1 atom stereocenters. The Morgan fingerprint density at radius 1 is 1.21 bits per heavy atom. The topological polar surface area (TPSA) is 55.8 Å². The molecule has 3 rings (SSSR count). The van der Waals surface area contributed by atoms with E-state index < -0.39 is 29.2 Å². The van der Waals surface area contributed by atoms with E-state index in [-0.39, 0.29) is 24.3 Å². The van der Waals surface area contributed by atoms with Crippen LogP contribution in [-0.2, 0) is 30.4 Å². The minimum absolute atomic E-state index is 0.0709. The number of ether oxygens (including phenoxy) is 2. The van der Waals surface area contributed by atoms with Crippen molar-refractivity contribution in [3.63, 3.8) is 0 Å². The van der Waals surface area contributed by atoms with Gasteiger partial charge in [-0.1, -0.05) is 25.1 Å². The third-order valence-electron chi connectivity index (χ3n) is 4.91. The molecule has 1 aliphatic heterocycles. The largest absolute Gasteiger partial charge is 0.489 e. The van der Waals surface area contributed by atoms with Crippen LogP contribution >= 0.6 is 0 Å². The van der Waals surface area contributed by atoms with Crippen LogP contribution in [0.2, 0.25) is 0 Å². The van der Waals surface area contributed by atoms with Gasteiger partial charge in [0.25, 0.3) is 0 Å². The SMILES string of the molecule is CC(Cc1ccc(OCc2ccc(C(F)(F)F)c3c2OC(C)(C)C3)cc1)C(=O)O. The molecule has 0 fully saturated rings. The summed E-state index contributed by atoms with van der Waals surface area (Å²) in [7, 11) is 0. The van der Waals surface area contributed by atoms with Crippen molar-refractivity contribution < 1.29 is 32.5 Å². The molecule has 0 bridgehead atoms. The quantitative estimate of drug-likeness (QED) is 0.708. The lowest BCUT2D eigenvalue weighted by Gasteiger charge is -2.18. The van der Waals surface area contributed by atoms with E-state index in [0.29, 0.717) is 17.7 Å². The summed E-state index contributed by atoms with van der Waals surface area (Å²) >= 11 is 0. The first-order chi connectivity index (χ1) is 13.5. The molecular formula is C22H23F3O4. The van der Waals surface area contributed by atoms with E-state index in [1.165, 1.54) is 6.07 Å². The molecule has 0 saturated carbocycles. The summed E-state index contributed by atoms with van der Waals surface area (Å²) in [6.45, 7) is 5.23. The fourth-order valence-corrected chi connectivity index (χ4v) is 3.42. The van der Waals surface area contributed by atoms with Gasteiger partial charge in [0.05, 0.1) is 11.5 Å². The summed E-state index contributed by atoms with van der Waals surface area (Å²) in [5, 5.41) is 8.98. The standard InChI is InChI=1S/C22H23F3O4/c1-13(20(26)27)10-14-4-7-16(8-5-14)28-12-15-6-9-18(22(23,24)25)17-11-21(2,3)29-19(15)17/h4-9,13H,10-12H2,1-3H3,(H,26,27). The van der Waals surface area contributed by atoms with Gasteiger partial charge in [-0.2, -0.15) is 13.2 Å². The molecular weight excluding hydrogens is 385 g/mol. The molecule has 0 radical (unpaired) electrons. The summed E-state index contributed by atoms with van der Waals surface area (Å²) < 4.78 is 51.5. The van der Waals surface area contributed by atoms with Gasteiger partial charge >= 0.3 is 12.1 Å². The Morgan fingerprint density at radius 3 is 2.45 bits per heavy atom. The average Bonchev–Trinajstić information content (AvgIpc) is 2.94. The number of carbonyl (C=O) groups is 1. The van der Waals surface area contributed by atoms with E-state index in [4.69, 9.17) is 14.6 Å². The maximum absolute atomic E-state index is 13.3. The number of benzene rings is 2. The number of hydrogen-bond acceptors (Lipinski definition) is 3. The molecule has 2 aromatic rings. The van der Waals surface area contributed by atoms with E-state index in [1.54, 1.807) is 45.0 Å². The number of carboxylic acid groups (broad SMARTS) is 1. The van der Waals surface area contributed by atoms with E-state index in [9.17, 15) is 18.0 Å². The van der Waals surface area contributed by atoms with E-state index in [1.807, 2.05) is 0 Å². The Kier molecular flexibility index (Phi) is 5.52. The zero-order valence-corrected chi connectivity index (χ0v) is 16.5. The first-order valence-corrected chi connectivity index (χ1v) is 9.32. The first kappa shape index (κ1) is 21.0. The second-order valence-corrected chi connectivity index (χ2v) is 7.99. The summed E-state index contributed by atoms with van der Waals surface area (Å²) in [6.07, 6.45) is -3.84.